The SMILES string of the molecule is C[Si](C)(C)c1cc(-c2ccccc2)ccc1S(=O)(=O)N[C@@H]1CCCc2c1cnn2CC(=O)O. The molecule has 33 heavy (non-hydrogen) atoms. The molecule has 1 atom stereocenters. The van der Waals surface area contributed by atoms with Gasteiger partial charge in [-0.15, -0.1) is 0 Å². The maximum Gasteiger partial charge on any atom is 0.325 e. The van der Waals surface area contributed by atoms with E-state index in [2.05, 4.69) is 29.5 Å². The van der Waals surface area contributed by atoms with Crippen LogP contribution in [0.25, 0.3) is 11.1 Å². The molecule has 0 saturated heterocycles. The second kappa shape index (κ2) is 8.89. The van der Waals surface area contributed by atoms with E-state index < -0.39 is 30.1 Å². The first-order valence-corrected chi connectivity index (χ1v) is 16.0. The number of carboxylic acid groups (broad SMARTS) is 1. The summed E-state index contributed by atoms with van der Waals surface area (Å²) >= 11 is 0. The van der Waals surface area contributed by atoms with Gasteiger partial charge in [0.25, 0.3) is 0 Å². The number of carbonyl (C=O) groups is 1. The molecule has 3 aromatic rings. The van der Waals surface area contributed by atoms with Crippen LogP contribution in [-0.2, 0) is 27.8 Å². The lowest BCUT2D eigenvalue weighted by atomic mass is 9.94. The summed E-state index contributed by atoms with van der Waals surface area (Å²) in [5.41, 5.74) is 3.61. The molecule has 9 heteroatoms. The molecule has 1 aliphatic rings. The topological polar surface area (TPSA) is 101 Å². The second-order valence-corrected chi connectivity index (χ2v) is 16.2. The van der Waals surface area contributed by atoms with Crippen molar-refractivity contribution in [1.29, 1.82) is 0 Å². The Labute approximate surface area is 195 Å². The van der Waals surface area contributed by atoms with Gasteiger partial charge in [-0.25, -0.2) is 13.1 Å². The van der Waals surface area contributed by atoms with Gasteiger partial charge in [-0.05, 0) is 41.6 Å². The van der Waals surface area contributed by atoms with Gasteiger partial charge in [-0.3, -0.25) is 9.48 Å². The zero-order valence-corrected chi connectivity index (χ0v) is 20.9. The standard InChI is InChI=1S/C24H29N3O4SSi/c1-33(2,3)23-14-18(17-8-5-4-6-9-17)12-13-22(23)32(30,31)26-20-10-7-11-21-19(20)15-25-27(21)16-24(28)29/h4-6,8-9,12-15,20,26H,7,10-11,16H2,1-3H3,(H,28,29)/t20-/m1/s1. The third kappa shape index (κ3) is 4.95. The van der Waals surface area contributed by atoms with E-state index in [-0.39, 0.29) is 6.54 Å². The third-order valence-corrected chi connectivity index (χ3v) is 9.77. The van der Waals surface area contributed by atoms with E-state index in [0.29, 0.717) is 17.7 Å². The minimum absolute atomic E-state index is 0.227. The number of fused-ring (bicyclic) bond motifs is 1. The van der Waals surface area contributed by atoms with Gasteiger partial charge in [-0.2, -0.15) is 5.10 Å². The van der Waals surface area contributed by atoms with Crippen molar-refractivity contribution >= 4 is 29.3 Å². The summed E-state index contributed by atoms with van der Waals surface area (Å²) in [5, 5.41) is 14.2. The molecule has 0 saturated carbocycles. The molecule has 0 unspecified atom stereocenters. The smallest absolute Gasteiger partial charge is 0.325 e. The highest BCUT2D eigenvalue weighted by Gasteiger charge is 2.32. The first-order chi connectivity index (χ1) is 15.6. The van der Waals surface area contributed by atoms with Gasteiger partial charge in [0.15, 0.2) is 0 Å². The monoisotopic (exact) mass is 483 g/mol. The van der Waals surface area contributed by atoms with Gasteiger partial charge < -0.3 is 5.11 Å². The number of benzene rings is 2. The van der Waals surface area contributed by atoms with Crippen molar-refractivity contribution in [1.82, 2.24) is 14.5 Å². The Morgan fingerprint density at radius 2 is 1.88 bits per heavy atom. The minimum Gasteiger partial charge on any atom is -0.480 e. The molecule has 0 fully saturated rings. The number of sulfonamides is 1. The van der Waals surface area contributed by atoms with Gasteiger partial charge in [0, 0.05) is 11.3 Å². The largest absolute Gasteiger partial charge is 0.480 e. The highest BCUT2D eigenvalue weighted by molar-refractivity contribution is 7.89. The van der Waals surface area contributed by atoms with Crippen molar-refractivity contribution in [3.05, 3.63) is 66.0 Å². The summed E-state index contributed by atoms with van der Waals surface area (Å²) < 4.78 is 31.6. The van der Waals surface area contributed by atoms with Gasteiger partial charge in [-0.1, -0.05) is 62.1 Å². The van der Waals surface area contributed by atoms with Crippen LogP contribution in [0.3, 0.4) is 0 Å². The number of hydrogen-bond donors (Lipinski definition) is 2. The van der Waals surface area contributed by atoms with E-state index >= 15 is 0 Å². The van der Waals surface area contributed by atoms with E-state index in [1.165, 1.54) is 4.68 Å². The molecule has 2 aromatic carbocycles. The quantitative estimate of drug-likeness (QED) is 0.501. The summed E-state index contributed by atoms with van der Waals surface area (Å²) in [6.45, 7) is 6.20. The van der Waals surface area contributed by atoms with Crippen molar-refractivity contribution < 1.29 is 18.3 Å². The molecule has 1 heterocycles. The summed E-state index contributed by atoms with van der Waals surface area (Å²) in [6.07, 6.45) is 3.70. The zero-order chi connectivity index (χ0) is 23.8. The van der Waals surface area contributed by atoms with Crippen molar-refractivity contribution in [3.63, 3.8) is 0 Å². The lowest BCUT2D eigenvalue weighted by molar-refractivity contribution is -0.137. The van der Waals surface area contributed by atoms with Crippen molar-refractivity contribution in [2.75, 3.05) is 0 Å². The summed E-state index contributed by atoms with van der Waals surface area (Å²) in [5.74, 6) is -0.970. The average Bonchev–Trinajstić information content (AvgIpc) is 3.16. The molecule has 0 spiro atoms. The first-order valence-electron chi connectivity index (χ1n) is 11.0. The van der Waals surface area contributed by atoms with Crippen LogP contribution < -0.4 is 9.91 Å². The predicted molar refractivity (Wildman–Crippen MR) is 131 cm³/mol. The first kappa shape index (κ1) is 23.4. The number of rotatable bonds is 7. The van der Waals surface area contributed by atoms with E-state index in [1.807, 2.05) is 42.5 Å². The van der Waals surface area contributed by atoms with Crippen LogP contribution in [0.15, 0.2) is 59.6 Å². The molecular weight excluding hydrogens is 454 g/mol. The van der Waals surface area contributed by atoms with Gasteiger partial charge in [0.1, 0.15) is 6.54 Å². The van der Waals surface area contributed by atoms with E-state index in [4.69, 9.17) is 5.11 Å². The number of nitrogens with one attached hydrogen (secondary N) is 1. The lowest BCUT2D eigenvalue weighted by Crippen LogP contribution is -2.43. The predicted octanol–water partition coefficient (Wildman–Crippen LogP) is 3.54. The lowest BCUT2D eigenvalue weighted by Gasteiger charge is -2.26. The Bertz CT molecular complexity index is 1280. The maximum atomic E-state index is 13.6. The molecule has 1 aliphatic carbocycles. The van der Waals surface area contributed by atoms with Crippen LogP contribution in [-0.4, -0.2) is 37.3 Å². The van der Waals surface area contributed by atoms with Crippen molar-refractivity contribution in [3.8, 4) is 11.1 Å². The molecule has 2 N–H and O–H groups in total. The van der Waals surface area contributed by atoms with Crippen LogP contribution in [0.1, 0.15) is 30.1 Å². The van der Waals surface area contributed by atoms with Crippen molar-refractivity contribution in [2.45, 2.75) is 56.4 Å². The summed E-state index contributed by atoms with van der Waals surface area (Å²) in [6, 6.07) is 15.1. The maximum absolute atomic E-state index is 13.6. The minimum atomic E-state index is -3.80. The van der Waals surface area contributed by atoms with E-state index in [0.717, 1.165) is 34.0 Å². The Kier molecular flexibility index (Phi) is 6.30. The highest BCUT2D eigenvalue weighted by Crippen LogP contribution is 2.31. The van der Waals surface area contributed by atoms with Gasteiger partial charge >= 0.3 is 5.97 Å². The fourth-order valence-corrected chi connectivity index (χ4v) is 8.49. The Morgan fingerprint density at radius 3 is 2.55 bits per heavy atom. The van der Waals surface area contributed by atoms with Crippen LogP contribution in [0.5, 0.6) is 0 Å². The zero-order valence-electron chi connectivity index (χ0n) is 19.1. The molecule has 4 rings (SSSR count). The molecule has 1 aromatic heterocycles. The second-order valence-electron chi connectivity index (χ2n) is 9.49. The molecule has 0 bridgehead atoms. The normalized spacial score (nSPS) is 16.4. The Balaban J connectivity index is 1.70. The number of aliphatic carboxylic acids is 1. The fraction of sp³-hybridized carbons (Fsp3) is 0.333. The molecule has 0 radical (unpaired) electrons. The van der Waals surface area contributed by atoms with Gasteiger partial charge in [0.05, 0.1) is 25.2 Å². The molecular formula is C24H29N3O4SSi. The van der Waals surface area contributed by atoms with Crippen LogP contribution >= 0.6 is 0 Å². The number of hydrogen-bond acceptors (Lipinski definition) is 4. The van der Waals surface area contributed by atoms with E-state index in [1.54, 1.807) is 12.3 Å². The molecule has 174 valence electrons. The van der Waals surface area contributed by atoms with Gasteiger partial charge in [0.2, 0.25) is 10.0 Å². The third-order valence-electron chi connectivity index (χ3n) is 6.03. The van der Waals surface area contributed by atoms with Crippen LogP contribution in [0.4, 0.5) is 0 Å². The molecule has 0 amide bonds. The van der Waals surface area contributed by atoms with Crippen molar-refractivity contribution in [2.24, 2.45) is 0 Å². The highest BCUT2D eigenvalue weighted by atomic mass is 32.2. The summed E-state index contributed by atoms with van der Waals surface area (Å²) in [4.78, 5) is 11.5. The van der Waals surface area contributed by atoms with Crippen LogP contribution in [0, 0.1) is 0 Å². The average molecular weight is 484 g/mol. The van der Waals surface area contributed by atoms with E-state index in [9.17, 15) is 13.2 Å². The molecule has 0 aliphatic heterocycles. The number of aromatic nitrogens is 2. The number of carboxylic acids is 1. The Hall–Kier alpha value is -2.75. The molecule has 7 nitrogen and oxygen atoms in total. The number of nitrogens with zero attached hydrogens (tertiary/aromatic N) is 2. The van der Waals surface area contributed by atoms with Crippen LogP contribution in [0.2, 0.25) is 19.6 Å². The Morgan fingerprint density at radius 1 is 1.15 bits per heavy atom. The summed E-state index contributed by atoms with van der Waals surface area (Å²) in [7, 11) is -5.80. The fourth-order valence-electron chi connectivity index (χ4n) is 4.42.